The summed E-state index contributed by atoms with van der Waals surface area (Å²) in [6.45, 7) is 1.80. The molecule has 0 aliphatic heterocycles. The first-order chi connectivity index (χ1) is 12.9. The first-order valence-corrected chi connectivity index (χ1v) is 9.49. The Morgan fingerprint density at radius 3 is 2.44 bits per heavy atom. The molecule has 4 rings (SSSR count). The molecule has 136 valence electrons. The highest BCUT2D eigenvalue weighted by molar-refractivity contribution is 7.92. The number of hydrogen-bond donors (Lipinski definition) is 1. The van der Waals surface area contributed by atoms with Crippen molar-refractivity contribution in [2.24, 2.45) is 0 Å². The summed E-state index contributed by atoms with van der Waals surface area (Å²) < 4.78 is 42.5. The molecule has 0 spiro atoms. The maximum absolute atomic E-state index is 13.8. The van der Waals surface area contributed by atoms with Gasteiger partial charge in [-0.15, -0.1) is 10.2 Å². The van der Waals surface area contributed by atoms with Gasteiger partial charge >= 0.3 is 0 Å². The molecule has 0 aliphatic carbocycles. The molecule has 0 bridgehead atoms. The van der Waals surface area contributed by atoms with Crippen molar-refractivity contribution in [1.29, 1.82) is 0 Å². The number of fused-ring (bicyclic) bond motifs is 1. The highest BCUT2D eigenvalue weighted by Gasteiger charge is 2.18. The monoisotopic (exact) mass is 383 g/mol. The topological polar surface area (TPSA) is 89.2 Å². The molecule has 9 heteroatoms. The van der Waals surface area contributed by atoms with E-state index in [2.05, 4.69) is 20.0 Å². The second-order valence-corrected chi connectivity index (χ2v) is 7.50. The third-order valence-corrected chi connectivity index (χ3v) is 5.39. The second-order valence-electron chi connectivity index (χ2n) is 5.85. The normalized spacial score (nSPS) is 11.6. The van der Waals surface area contributed by atoms with Crippen LogP contribution in [0, 0.1) is 12.7 Å². The lowest BCUT2D eigenvalue weighted by atomic mass is 10.1. The highest BCUT2D eigenvalue weighted by atomic mass is 32.2. The summed E-state index contributed by atoms with van der Waals surface area (Å²) >= 11 is 0. The number of anilines is 1. The van der Waals surface area contributed by atoms with Gasteiger partial charge in [-0.2, -0.15) is 9.61 Å². The Morgan fingerprint density at radius 2 is 1.70 bits per heavy atom. The predicted molar refractivity (Wildman–Crippen MR) is 98.2 cm³/mol. The van der Waals surface area contributed by atoms with Crippen molar-refractivity contribution in [3.05, 3.63) is 72.3 Å². The first kappa shape index (κ1) is 17.1. The Bertz CT molecular complexity index is 1240. The Labute approximate surface area is 154 Å². The number of halogens is 1. The van der Waals surface area contributed by atoms with Crippen molar-refractivity contribution in [1.82, 2.24) is 19.8 Å². The van der Waals surface area contributed by atoms with Crippen LogP contribution in [0.3, 0.4) is 0 Å². The van der Waals surface area contributed by atoms with Crippen molar-refractivity contribution in [2.45, 2.75) is 11.8 Å². The minimum absolute atomic E-state index is 0.323. The average molecular weight is 383 g/mol. The van der Waals surface area contributed by atoms with Gasteiger partial charge in [0.05, 0.1) is 5.69 Å². The summed E-state index contributed by atoms with van der Waals surface area (Å²) in [4.78, 5) is -0.399. The van der Waals surface area contributed by atoms with E-state index >= 15 is 0 Å². The Morgan fingerprint density at radius 1 is 0.963 bits per heavy atom. The Kier molecular flexibility index (Phi) is 4.08. The van der Waals surface area contributed by atoms with Crippen LogP contribution < -0.4 is 4.72 Å². The smallest absolute Gasteiger partial charge is 0.264 e. The molecule has 4 aromatic rings. The van der Waals surface area contributed by atoms with Gasteiger partial charge in [-0.25, -0.2) is 12.8 Å². The van der Waals surface area contributed by atoms with Crippen LogP contribution in [0.15, 0.2) is 65.6 Å². The van der Waals surface area contributed by atoms with Crippen LogP contribution in [0.1, 0.15) is 5.82 Å². The number of rotatable bonds is 4. The standard InChI is InChI=1S/C18H14FN5O2S/c1-12-20-21-18-11-10-16(22-24(12)18)13-6-8-14(9-7-13)23-27(25,26)17-5-3-2-4-15(17)19/h2-11,23H,1H3. The molecule has 0 fully saturated rings. The maximum Gasteiger partial charge on any atom is 0.264 e. The molecule has 0 atom stereocenters. The quantitative estimate of drug-likeness (QED) is 0.585. The zero-order valence-corrected chi connectivity index (χ0v) is 15.0. The van der Waals surface area contributed by atoms with E-state index in [9.17, 15) is 12.8 Å². The summed E-state index contributed by atoms with van der Waals surface area (Å²) in [7, 11) is -4.01. The van der Waals surface area contributed by atoms with Crippen molar-refractivity contribution >= 4 is 21.4 Å². The van der Waals surface area contributed by atoms with E-state index in [0.29, 0.717) is 22.9 Å². The van der Waals surface area contributed by atoms with E-state index in [0.717, 1.165) is 11.6 Å². The van der Waals surface area contributed by atoms with E-state index < -0.39 is 20.7 Å². The number of hydrogen-bond acceptors (Lipinski definition) is 5. The number of aryl methyl sites for hydroxylation is 1. The summed E-state index contributed by atoms with van der Waals surface area (Å²) in [6, 6.07) is 15.5. The largest absolute Gasteiger partial charge is 0.280 e. The van der Waals surface area contributed by atoms with E-state index in [1.807, 2.05) is 6.07 Å². The van der Waals surface area contributed by atoms with E-state index in [4.69, 9.17) is 0 Å². The minimum atomic E-state index is -4.01. The van der Waals surface area contributed by atoms with Gasteiger partial charge in [0, 0.05) is 11.3 Å². The second kappa shape index (κ2) is 6.44. The molecule has 0 amide bonds. The van der Waals surface area contributed by atoms with E-state index in [-0.39, 0.29) is 0 Å². The lowest BCUT2D eigenvalue weighted by Crippen LogP contribution is -2.14. The van der Waals surface area contributed by atoms with Crippen LogP contribution in [0.4, 0.5) is 10.1 Å². The van der Waals surface area contributed by atoms with Crippen LogP contribution in [-0.2, 0) is 10.0 Å². The molecule has 0 aliphatic rings. The number of benzene rings is 2. The van der Waals surface area contributed by atoms with Gasteiger partial charge in [-0.3, -0.25) is 4.72 Å². The lowest BCUT2D eigenvalue weighted by Gasteiger charge is -2.09. The van der Waals surface area contributed by atoms with Gasteiger partial charge in [0.15, 0.2) is 11.5 Å². The third kappa shape index (κ3) is 3.24. The average Bonchev–Trinajstić information content (AvgIpc) is 3.03. The molecule has 0 saturated carbocycles. The summed E-state index contributed by atoms with van der Waals surface area (Å²) in [5.41, 5.74) is 2.45. The van der Waals surface area contributed by atoms with Gasteiger partial charge in [-0.05, 0) is 43.3 Å². The molecular weight excluding hydrogens is 369 g/mol. The molecular formula is C18H14FN5O2S. The van der Waals surface area contributed by atoms with Gasteiger partial charge < -0.3 is 0 Å². The molecule has 0 unspecified atom stereocenters. The van der Waals surface area contributed by atoms with Crippen molar-refractivity contribution in [3.8, 4) is 11.3 Å². The number of sulfonamides is 1. The van der Waals surface area contributed by atoms with Gasteiger partial charge in [0.1, 0.15) is 10.7 Å². The minimum Gasteiger partial charge on any atom is -0.280 e. The molecule has 27 heavy (non-hydrogen) atoms. The zero-order valence-electron chi connectivity index (χ0n) is 14.2. The van der Waals surface area contributed by atoms with Crippen molar-refractivity contribution < 1.29 is 12.8 Å². The SMILES string of the molecule is Cc1nnc2ccc(-c3ccc(NS(=O)(=O)c4ccccc4F)cc3)nn12. The molecule has 7 nitrogen and oxygen atoms in total. The molecule has 1 N–H and O–H groups in total. The maximum atomic E-state index is 13.8. The molecule has 2 aromatic heterocycles. The van der Waals surface area contributed by atoms with Gasteiger partial charge in [0.2, 0.25) is 0 Å². The lowest BCUT2D eigenvalue weighted by molar-refractivity contribution is 0.570. The fraction of sp³-hybridized carbons (Fsp3) is 0.0556. The van der Waals surface area contributed by atoms with E-state index in [1.54, 1.807) is 41.8 Å². The van der Waals surface area contributed by atoms with Crippen LogP contribution >= 0.6 is 0 Å². The van der Waals surface area contributed by atoms with Crippen molar-refractivity contribution in [3.63, 3.8) is 0 Å². The zero-order chi connectivity index (χ0) is 19.0. The number of nitrogens with one attached hydrogen (secondary N) is 1. The van der Waals surface area contributed by atoms with Crippen LogP contribution in [0.2, 0.25) is 0 Å². The van der Waals surface area contributed by atoms with Crippen LogP contribution in [-0.4, -0.2) is 28.2 Å². The highest BCUT2D eigenvalue weighted by Crippen LogP contribution is 2.23. The molecule has 2 aromatic carbocycles. The van der Waals surface area contributed by atoms with Gasteiger partial charge in [-0.1, -0.05) is 24.3 Å². The Hall–Kier alpha value is -3.33. The summed E-state index contributed by atoms with van der Waals surface area (Å²) in [5, 5.41) is 12.4. The van der Waals surface area contributed by atoms with Crippen LogP contribution in [0.5, 0.6) is 0 Å². The van der Waals surface area contributed by atoms with Gasteiger partial charge in [0.25, 0.3) is 10.0 Å². The fourth-order valence-electron chi connectivity index (χ4n) is 2.63. The predicted octanol–water partition coefficient (Wildman–Crippen LogP) is 3.04. The third-order valence-electron chi connectivity index (χ3n) is 3.98. The molecule has 0 saturated heterocycles. The molecule has 0 radical (unpaired) electrons. The molecule has 2 heterocycles. The number of aromatic nitrogens is 4. The first-order valence-electron chi connectivity index (χ1n) is 8.01. The Balaban J connectivity index is 1.62. The van der Waals surface area contributed by atoms with Crippen molar-refractivity contribution in [2.75, 3.05) is 4.72 Å². The number of nitrogens with zero attached hydrogens (tertiary/aromatic N) is 4. The summed E-state index contributed by atoms with van der Waals surface area (Å²) in [6.07, 6.45) is 0. The van der Waals surface area contributed by atoms with E-state index in [1.165, 1.54) is 18.2 Å². The summed E-state index contributed by atoms with van der Waals surface area (Å²) in [5.74, 6) is -0.135. The van der Waals surface area contributed by atoms with Crippen LogP contribution in [0.25, 0.3) is 16.9 Å². The fourth-order valence-corrected chi connectivity index (χ4v) is 3.77.